The van der Waals surface area contributed by atoms with E-state index in [0.29, 0.717) is 5.56 Å². The van der Waals surface area contributed by atoms with Gasteiger partial charge in [-0.05, 0) is 11.6 Å². The second-order valence-corrected chi connectivity index (χ2v) is 2.34. The van der Waals surface area contributed by atoms with E-state index in [4.69, 9.17) is 16.0 Å². The van der Waals surface area contributed by atoms with Crippen molar-refractivity contribution < 1.29 is 10.3 Å². The van der Waals surface area contributed by atoms with Crippen LogP contribution in [0.3, 0.4) is 0 Å². The van der Waals surface area contributed by atoms with Crippen LogP contribution in [0.4, 0.5) is 0 Å². The zero-order chi connectivity index (χ0) is 8.97. The molecule has 4 N–H and O–H groups in total. The summed E-state index contributed by atoms with van der Waals surface area (Å²) in [6, 6.07) is 6.86. The summed E-state index contributed by atoms with van der Waals surface area (Å²) >= 11 is 0. The average molecular weight is 166 g/mol. The minimum Gasteiger partial charge on any atom is -0.409 e. The predicted octanol–water partition coefficient (Wildman–Crippen LogP) is 0.273. The highest BCUT2D eigenvalue weighted by atomic mass is 16.4. The van der Waals surface area contributed by atoms with Crippen molar-refractivity contribution in [1.29, 1.82) is 0 Å². The van der Waals surface area contributed by atoms with Crippen LogP contribution in [0.2, 0.25) is 0 Å². The van der Waals surface area contributed by atoms with Crippen molar-refractivity contribution in [3.63, 3.8) is 0 Å². The molecule has 0 aliphatic heterocycles. The fourth-order valence-electron chi connectivity index (χ4n) is 0.887. The number of aliphatic hydroxyl groups is 1. The summed E-state index contributed by atoms with van der Waals surface area (Å²) < 4.78 is 0. The van der Waals surface area contributed by atoms with E-state index >= 15 is 0 Å². The van der Waals surface area contributed by atoms with Crippen molar-refractivity contribution in [3.8, 4) is 0 Å². The quantitative estimate of drug-likeness (QED) is 0.255. The number of nitrogens with zero attached hydrogens (tertiary/aromatic N) is 1. The molecule has 0 amide bonds. The monoisotopic (exact) mass is 166 g/mol. The molecule has 0 aliphatic rings. The Morgan fingerprint density at radius 1 is 1.50 bits per heavy atom. The third kappa shape index (κ3) is 1.73. The van der Waals surface area contributed by atoms with Crippen LogP contribution < -0.4 is 5.73 Å². The number of hydrogen-bond donors (Lipinski definition) is 3. The highest BCUT2D eigenvalue weighted by Gasteiger charge is 1.98. The molecule has 0 unspecified atom stereocenters. The summed E-state index contributed by atoms with van der Waals surface area (Å²) in [5.74, 6) is 0.0466. The van der Waals surface area contributed by atoms with Crippen LogP contribution in [0.25, 0.3) is 0 Å². The zero-order valence-electron chi connectivity index (χ0n) is 6.44. The van der Waals surface area contributed by atoms with Gasteiger partial charge in [-0.15, -0.1) is 0 Å². The molecule has 0 aliphatic carbocycles. The van der Waals surface area contributed by atoms with E-state index in [1.54, 1.807) is 24.3 Å². The number of nitrogens with two attached hydrogens (primary N) is 1. The topological polar surface area (TPSA) is 78.8 Å². The van der Waals surface area contributed by atoms with E-state index in [1.165, 1.54) is 0 Å². The van der Waals surface area contributed by atoms with Crippen molar-refractivity contribution in [2.45, 2.75) is 6.61 Å². The Hall–Kier alpha value is -1.55. The largest absolute Gasteiger partial charge is 0.409 e. The smallest absolute Gasteiger partial charge is 0.170 e. The average Bonchev–Trinajstić information content (AvgIpc) is 2.17. The molecule has 0 radical (unpaired) electrons. The summed E-state index contributed by atoms with van der Waals surface area (Å²) in [6.07, 6.45) is 0. The van der Waals surface area contributed by atoms with E-state index in [-0.39, 0.29) is 12.4 Å². The van der Waals surface area contributed by atoms with Gasteiger partial charge in [-0.2, -0.15) is 0 Å². The van der Waals surface area contributed by atoms with Crippen LogP contribution >= 0.6 is 0 Å². The predicted molar refractivity (Wildman–Crippen MR) is 44.9 cm³/mol. The van der Waals surface area contributed by atoms with Crippen molar-refractivity contribution in [2.75, 3.05) is 0 Å². The zero-order valence-corrected chi connectivity index (χ0v) is 6.44. The molecule has 0 saturated heterocycles. The molecule has 0 atom stereocenters. The number of aliphatic hydroxyl groups excluding tert-OH is 1. The van der Waals surface area contributed by atoms with Crippen molar-refractivity contribution in [1.82, 2.24) is 0 Å². The van der Waals surface area contributed by atoms with E-state index in [2.05, 4.69) is 5.16 Å². The van der Waals surface area contributed by atoms with Crippen LogP contribution in [0.15, 0.2) is 29.4 Å². The molecular weight excluding hydrogens is 156 g/mol. The first-order valence-electron chi connectivity index (χ1n) is 3.45. The normalized spacial score (nSPS) is 11.6. The van der Waals surface area contributed by atoms with Gasteiger partial charge in [-0.1, -0.05) is 23.4 Å². The molecule has 0 heterocycles. The van der Waals surface area contributed by atoms with Gasteiger partial charge in [-0.25, -0.2) is 0 Å². The van der Waals surface area contributed by atoms with Gasteiger partial charge in [0.25, 0.3) is 0 Å². The van der Waals surface area contributed by atoms with Gasteiger partial charge in [0.15, 0.2) is 5.84 Å². The molecule has 1 aromatic rings. The van der Waals surface area contributed by atoms with Gasteiger partial charge >= 0.3 is 0 Å². The standard InChI is InChI=1S/C8H10N2O2/c9-8(10-12)7-3-1-2-6(4-7)5-11/h1-4,11-12H,5H2,(H2,9,10). The number of hydrogen-bond acceptors (Lipinski definition) is 3. The van der Waals surface area contributed by atoms with Crippen LogP contribution in [0.5, 0.6) is 0 Å². The van der Waals surface area contributed by atoms with Gasteiger partial charge in [0.1, 0.15) is 0 Å². The lowest BCUT2D eigenvalue weighted by Gasteiger charge is -2.00. The van der Waals surface area contributed by atoms with Gasteiger partial charge < -0.3 is 16.0 Å². The van der Waals surface area contributed by atoms with Gasteiger partial charge in [0.2, 0.25) is 0 Å². The first-order chi connectivity index (χ1) is 5.77. The minimum absolute atomic E-state index is 0.0466. The molecule has 0 fully saturated rings. The third-order valence-electron chi connectivity index (χ3n) is 1.51. The maximum absolute atomic E-state index is 8.77. The van der Waals surface area contributed by atoms with E-state index in [9.17, 15) is 0 Å². The SMILES string of the molecule is N/C(=N\O)c1cccc(CO)c1. The molecule has 4 nitrogen and oxygen atoms in total. The summed E-state index contributed by atoms with van der Waals surface area (Å²) in [5.41, 5.74) is 6.67. The summed E-state index contributed by atoms with van der Waals surface area (Å²) in [7, 11) is 0. The van der Waals surface area contributed by atoms with Crippen LogP contribution in [-0.4, -0.2) is 16.1 Å². The Morgan fingerprint density at radius 2 is 2.25 bits per heavy atom. The highest BCUT2D eigenvalue weighted by Crippen LogP contribution is 2.04. The number of benzene rings is 1. The number of amidine groups is 1. The van der Waals surface area contributed by atoms with Crippen LogP contribution in [0.1, 0.15) is 11.1 Å². The second kappa shape index (κ2) is 3.73. The van der Waals surface area contributed by atoms with Crippen molar-refractivity contribution in [3.05, 3.63) is 35.4 Å². The summed E-state index contributed by atoms with van der Waals surface area (Å²) in [6.45, 7) is -0.0491. The Balaban J connectivity index is 3.02. The first kappa shape index (κ1) is 8.55. The molecule has 1 rings (SSSR count). The van der Waals surface area contributed by atoms with E-state index < -0.39 is 0 Å². The van der Waals surface area contributed by atoms with Crippen molar-refractivity contribution in [2.24, 2.45) is 10.9 Å². The second-order valence-electron chi connectivity index (χ2n) is 2.34. The third-order valence-corrected chi connectivity index (χ3v) is 1.51. The first-order valence-corrected chi connectivity index (χ1v) is 3.45. The van der Waals surface area contributed by atoms with Crippen LogP contribution in [0, 0.1) is 0 Å². The van der Waals surface area contributed by atoms with Gasteiger partial charge in [-0.3, -0.25) is 0 Å². The van der Waals surface area contributed by atoms with Gasteiger partial charge in [0.05, 0.1) is 6.61 Å². The fourth-order valence-corrected chi connectivity index (χ4v) is 0.887. The van der Waals surface area contributed by atoms with E-state index in [1.807, 2.05) is 0 Å². The summed E-state index contributed by atoms with van der Waals surface area (Å²) in [5, 5.41) is 20.0. The molecule has 12 heavy (non-hydrogen) atoms. The lowest BCUT2D eigenvalue weighted by Crippen LogP contribution is -2.13. The maximum Gasteiger partial charge on any atom is 0.170 e. The Labute approximate surface area is 69.9 Å². The molecule has 0 saturated carbocycles. The lowest BCUT2D eigenvalue weighted by atomic mass is 10.1. The Bertz CT molecular complexity index is 297. The molecule has 1 aromatic carbocycles. The summed E-state index contributed by atoms with van der Waals surface area (Å²) in [4.78, 5) is 0. The number of oxime groups is 1. The molecule has 0 bridgehead atoms. The number of rotatable bonds is 2. The fraction of sp³-hybridized carbons (Fsp3) is 0.125. The molecule has 0 spiro atoms. The molecule has 64 valence electrons. The van der Waals surface area contributed by atoms with Gasteiger partial charge in [0, 0.05) is 5.56 Å². The van der Waals surface area contributed by atoms with Crippen LogP contribution in [-0.2, 0) is 6.61 Å². The maximum atomic E-state index is 8.77. The molecule has 0 aromatic heterocycles. The minimum atomic E-state index is -0.0491. The highest BCUT2D eigenvalue weighted by molar-refractivity contribution is 5.97. The van der Waals surface area contributed by atoms with Crippen molar-refractivity contribution >= 4 is 5.84 Å². The Morgan fingerprint density at radius 3 is 2.83 bits per heavy atom. The lowest BCUT2D eigenvalue weighted by molar-refractivity contribution is 0.282. The Kier molecular flexibility index (Phi) is 2.66. The van der Waals surface area contributed by atoms with E-state index in [0.717, 1.165) is 5.56 Å². The molecular formula is C8H10N2O2. The molecule has 4 heteroatoms.